The Morgan fingerprint density at radius 1 is 1.17 bits per heavy atom. The topological polar surface area (TPSA) is 32.8 Å². The van der Waals surface area contributed by atoms with Crippen molar-refractivity contribution in [3.63, 3.8) is 0 Å². The molecule has 126 valence electrons. The van der Waals surface area contributed by atoms with Crippen molar-refractivity contribution in [1.82, 2.24) is 9.80 Å². The van der Waals surface area contributed by atoms with Gasteiger partial charge in [-0.15, -0.1) is 0 Å². The van der Waals surface area contributed by atoms with Crippen molar-refractivity contribution in [2.24, 2.45) is 0 Å². The van der Waals surface area contributed by atoms with Crippen LogP contribution in [0.25, 0.3) is 0 Å². The third-order valence-corrected chi connectivity index (χ3v) is 4.02. The summed E-state index contributed by atoms with van der Waals surface area (Å²) in [6.45, 7) is 8.65. The van der Waals surface area contributed by atoms with Gasteiger partial charge in [-0.1, -0.05) is 45.0 Å². The van der Waals surface area contributed by atoms with Gasteiger partial charge in [0.2, 0.25) is 0 Å². The summed E-state index contributed by atoms with van der Waals surface area (Å²) < 4.78 is 5.31. The second-order valence-corrected chi connectivity index (χ2v) is 7.18. The van der Waals surface area contributed by atoms with E-state index in [9.17, 15) is 4.79 Å². The van der Waals surface area contributed by atoms with E-state index in [1.165, 1.54) is 11.1 Å². The molecular formula is C19H28N2O2. The highest BCUT2D eigenvalue weighted by molar-refractivity contribution is 5.69. The van der Waals surface area contributed by atoms with E-state index in [1.54, 1.807) is 0 Å². The average Bonchev–Trinajstić information content (AvgIpc) is 2.90. The Morgan fingerprint density at radius 3 is 2.43 bits per heavy atom. The molecule has 1 aromatic rings. The van der Waals surface area contributed by atoms with Gasteiger partial charge in [0.1, 0.15) is 6.61 Å². The van der Waals surface area contributed by atoms with Crippen molar-refractivity contribution >= 4 is 5.97 Å². The van der Waals surface area contributed by atoms with E-state index in [2.05, 4.69) is 54.8 Å². The Hall–Kier alpha value is -1.97. The molecule has 0 saturated heterocycles. The van der Waals surface area contributed by atoms with Gasteiger partial charge in [-0.05, 0) is 23.0 Å². The number of esters is 1. The quantitative estimate of drug-likeness (QED) is 0.755. The monoisotopic (exact) mass is 316 g/mol. The predicted octanol–water partition coefficient (Wildman–Crippen LogP) is 3.14. The highest BCUT2D eigenvalue weighted by Crippen LogP contribution is 2.22. The molecule has 0 aromatic heterocycles. The van der Waals surface area contributed by atoms with Gasteiger partial charge in [0.05, 0.1) is 13.2 Å². The number of nitrogens with zero attached hydrogens (tertiary/aromatic N) is 2. The Balaban J connectivity index is 1.67. The molecule has 1 aromatic carbocycles. The van der Waals surface area contributed by atoms with Crippen LogP contribution in [-0.2, 0) is 21.4 Å². The van der Waals surface area contributed by atoms with Gasteiger partial charge in [-0.25, -0.2) is 0 Å². The first-order chi connectivity index (χ1) is 10.8. The van der Waals surface area contributed by atoms with Crippen LogP contribution in [0.15, 0.2) is 36.7 Å². The maximum atomic E-state index is 11.8. The first-order valence-corrected chi connectivity index (χ1v) is 8.22. The first kappa shape index (κ1) is 17.4. The molecule has 0 aliphatic carbocycles. The van der Waals surface area contributed by atoms with E-state index >= 15 is 0 Å². The molecule has 0 amide bonds. The molecule has 0 bridgehead atoms. The number of rotatable bonds is 6. The molecule has 0 atom stereocenters. The molecule has 4 heteroatoms. The number of carbonyl (C=O) groups is 1. The van der Waals surface area contributed by atoms with Crippen LogP contribution in [0.1, 0.15) is 38.3 Å². The number of benzene rings is 1. The number of hydrogen-bond donors (Lipinski definition) is 0. The largest absolute Gasteiger partial charge is 0.464 e. The van der Waals surface area contributed by atoms with Crippen LogP contribution >= 0.6 is 0 Å². The van der Waals surface area contributed by atoms with Crippen molar-refractivity contribution < 1.29 is 9.53 Å². The molecule has 4 nitrogen and oxygen atoms in total. The minimum Gasteiger partial charge on any atom is -0.464 e. The Morgan fingerprint density at radius 2 is 1.87 bits per heavy atom. The molecule has 0 unspecified atom stereocenters. The number of hydrogen-bond acceptors (Lipinski definition) is 4. The lowest BCUT2D eigenvalue weighted by atomic mass is 9.86. The summed E-state index contributed by atoms with van der Waals surface area (Å²) >= 11 is 0. The summed E-state index contributed by atoms with van der Waals surface area (Å²) in [5.74, 6) is -0.124. The van der Waals surface area contributed by atoms with Gasteiger partial charge in [0.15, 0.2) is 0 Å². The predicted molar refractivity (Wildman–Crippen MR) is 92.9 cm³/mol. The zero-order valence-corrected chi connectivity index (χ0v) is 14.7. The Kier molecular flexibility index (Phi) is 5.69. The van der Waals surface area contributed by atoms with Crippen LogP contribution in [0.2, 0.25) is 0 Å². The van der Waals surface area contributed by atoms with Gasteiger partial charge < -0.3 is 14.5 Å². The van der Waals surface area contributed by atoms with Crippen LogP contribution in [-0.4, -0.2) is 42.6 Å². The summed E-state index contributed by atoms with van der Waals surface area (Å²) in [6.07, 6.45) is 5.20. The third kappa shape index (κ3) is 5.62. The van der Waals surface area contributed by atoms with Gasteiger partial charge in [0.25, 0.3) is 0 Å². The second kappa shape index (κ2) is 7.53. The summed E-state index contributed by atoms with van der Waals surface area (Å²) in [7, 11) is 2.02. The Labute approximate surface area is 139 Å². The van der Waals surface area contributed by atoms with E-state index in [0.717, 1.165) is 19.6 Å². The van der Waals surface area contributed by atoms with Crippen molar-refractivity contribution in [2.75, 3.05) is 26.9 Å². The smallest absolute Gasteiger partial charge is 0.306 e. The number of ether oxygens (including phenoxy) is 1. The number of carbonyl (C=O) groups excluding carboxylic acids is 1. The molecule has 1 heterocycles. The lowest BCUT2D eigenvalue weighted by molar-refractivity contribution is -0.143. The van der Waals surface area contributed by atoms with E-state index in [4.69, 9.17) is 4.74 Å². The van der Waals surface area contributed by atoms with Crippen LogP contribution in [0, 0.1) is 0 Å². The normalized spacial score (nSPS) is 14.4. The molecule has 0 fully saturated rings. The van der Waals surface area contributed by atoms with Gasteiger partial charge in [0, 0.05) is 25.9 Å². The van der Waals surface area contributed by atoms with Crippen molar-refractivity contribution in [3.8, 4) is 0 Å². The van der Waals surface area contributed by atoms with Crippen molar-refractivity contribution in [2.45, 2.75) is 39.0 Å². The second-order valence-electron chi connectivity index (χ2n) is 7.18. The van der Waals surface area contributed by atoms with E-state index in [1.807, 2.05) is 19.4 Å². The van der Waals surface area contributed by atoms with Gasteiger partial charge in [-0.2, -0.15) is 0 Å². The van der Waals surface area contributed by atoms with Gasteiger partial charge >= 0.3 is 5.97 Å². The van der Waals surface area contributed by atoms with Crippen LogP contribution in [0.5, 0.6) is 0 Å². The maximum absolute atomic E-state index is 11.8. The van der Waals surface area contributed by atoms with Gasteiger partial charge in [-0.3, -0.25) is 4.79 Å². The fourth-order valence-electron chi connectivity index (χ4n) is 2.50. The lowest BCUT2D eigenvalue weighted by Gasteiger charge is -2.19. The molecule has 0 spiro atoms. The standard InChI is InChI=1S/C19H28N2O2/c1-19(2,3)17-8-5-16(6-9-17)7-10-18(22)23-14-13-21-12-11-20(4)15-21/h5-6,8-9,11-12H,7,10,13-15H2,1-4H3. The third-order valence-electron chi connectivity index (χ3n) is 4.02. The average molecular weight is 316 g/mol. The van der Waals surface area contributed by atoms with Crippen LogP contribution in [0.3, 0.4) is 0 Å². The molecule has 0 radical (unpaired) electrons. The molecule has 0 N–H and O–H groups in total. The highest BCUT2D eigenvalue weighted by Gasteiger charge is 2.13. The van der Waals surface area contributed by atoms with E-state index in [0.29, 0.717) is 13.0 Å². The molecule has 2 rings (SSSR count). The fourth-order valence-corrected chi connectivity index (χ4v) is 2.50. The van der Waals surface area contributed by atoms with Crippen LogP contribution < -0.4 is 0 Å². The minimum atomic E-state index is -0.124. The van der Waals surface area contributed by atoms with Crippen LogP contribution in [0.4, 0.5) is 0 Å². The zero-order chi connectivity index (χ0) is 16.9. The van der Waals surface area contributed by atoms with E-state index < -0.39 is 0 Å². The fraction of sp³-hybridized carbons (Fsp3) is 0.526. The summed E-state index contributed by atoms with van der Waals surface area (Å²) in [6, 6.07) is 8.52. The SMILES string of the molecule is CN1C=CN(CCOC(=O)CCc2ccc(C(C)(C)C)cc2)C1. The van der Waals surface area contributed by atoms with Crippen molar-refractivity contribution in [3.05, 3.63) is 47.8 Å². The zero-order valence-electron chi connectivity index (χ0n) is 14.7. The van der Waals surface area contributed by atoms with Crippen molar-refractivity contribution in [1.29, 1.82) is 0 Å². The molecule has 23 heavy (non-hydrogen) atoms. The minimum absolute atomic E-state index is 0.124. The molecular weight excluding hydrogens is 288 g/mol. The summed E-state index contributed by atoms with van der Waals surface area (Å²) in [4.78, 5) is 16.0. The molecule has 1 aliphatic rings. The Bertz CT molecular complexity index is 543. The summed E-state index contributed by atoms with van der Waals surface area (Å²) in [5.41, 5.74) is 2.65. The van der Waals surface area contributed by atoms with E-state index in [-0.39, 0.29) is 11.4 Å². The lowest BCUT2D eigenvalue weighted by Crippen LogP contribution is -2.26. The molecule has 0 saturated carbocycles. The first-order valence-electron chi connectivity index (χ1n) is 8.22. The maximum Gasteiger partial charge on any atom is 0.306 e. The summed E-state index contributed by atoms with van der Waals surface area (Å²) in [5, 5.41) is 0. The number of aryl methyl sites for hydroxylation is 1. The molecule has 1 aliphatic heterocycles. The highest BCUT2D eigenvalue weighted by atomic mass is 16.5.